The zero-order valence-corrected chi connectivity index (χ0v) is 11.8. The normalized spacial score (nSPS) is 11.9. The van der Waals surface area contributed by atoms with Crippen molar-refractivity contribution in [1.82, 2.24) is 5.32 Å². The number of carbonyl (C=O) groups is 1. The lowest BCUT2D eigenvalue weighted by atomic mass is 10.2. The largest absolute Gasteiger partial charge is 0.481 e. The molecule has 0 bridgehead atoms. The number of unbranched alkanes of at least 4 members (excludes halogenated alkanes) is 3. The molecule has 0 fully saturated rings. The van der Waals surface area contributed by atoms with Gasteiger partial charge in [-0.3, -0.25) is 4.79 Å². The van der Waals surface area contributed by atoms with Crippen molar-refractivity contribution >= 4 is 5.91 Å². The Bertz CT molecular complexity index is 412. The van der Waals surface area contributed by atoms with E-state index in [0.717, 1.165) is 25.7 Å². The van der Waals surface area contributed by atoms with Gasteiger partial charge in [0, 0.05) is 19.2 Å². The second-order valence-electron chi connectivity index (χ2n) is 4.65. The molecule has 1 atom stereocenters. The molecule has 0 saturated carbocycles. The third-order valence-corrected chi connectivity index (χ3v) is 2.86. The van der Waals surface area contributed by atoms with Gasteiger partial charge in [-0.2, -0.15) is 0 Å². The Hall–Kier alpha value is -1.62. The van der Waals surface area contributed by atoms with E-state index in [0.29, 0.717) is 12.3 Å². The summed E-state index contributed by atoms with van der Waals surface area (Å²) in [6.45, 7) is 2.43. The first-order valence-corrected chi connectivity index (χ1v) is 6.94. The third kappa shape index (κ3) is 6.52. The van der Waals surface area contributed by atoms with Crippen molar-refractivity contribution < 1.29 is 19.0 Å². The zero-order chi connectivity index (χ0) is 14.8. The van der Waals surface area contributed by atoms with Gasteiger partial charge in [0.05, 0.1) is 0 Å². The summed E-state index contributed by atoms with van der Waals surface area (Å²) in [5.41, 5.74) is 0. The van der Waals surface area contributed by atoms with Gasteiger partial charge in [-0.15, -0.1) is 0 Å². The predicted molar refractivity (Wildman–Crippen MR) is 75.1 cm³/mol. The lowest BCUT2D eigenvalue weighted by Gasteiger charge is -2.14. The number of carbonyl (C=O) groups excluding carboxylic acids is 1. The van der Waals surface area contributed by atoms with Gasteiger partial charge >= 0.3 is 0 Å². The maximum atomic E-state index is 13.0. The van der Waals surface area contributed by atoms with Crippen LogP contribution >= 0.6 is 0 Å². The summed E-state index contributed by atoms with van der Waals surface area (Å²) >= 11 is 0. The molecule has 0 aliphatic carbocycles. The van der Waals surface area contributed by atoms with E-state index in [9.17, 15) is 9.18 Å². The van der Waals surface area contributed by atoms with Crippen LogP contribution in [0.3, 0.4) is 0 Å². The minimum Gasteiger partial charge on any atom is -0.481 e. The summed E-state index contributed by atoms with van der Waals surface area (Å²) in [4.78, 5) is 11.8. The molecule has 1 amide bonds. The first-order valence-electron chi connectivity index (χ1n) is 6.94. The number of amides is 1. The van der Waals surface area contributed by atoms with Gasteiger partial charge in [0.15, 0.2) is 6.10 Å². The van der Waals surface area contributed by atoms with E-state index in [1.807, 2.05) is 0 Å². The van der Waals surface area contributed by atoms with Crippen molar-refractivity contribution in [1.29, 1.82) is 0 Å². The molecule has 0 radical (unpaired) electrons. The van der Waals surface area contributed by atoms with Crippen LogP contribution in [-0.2, 0) is 4.79 Å². The molecule has 2 N–H and O–H groups in total. The maximum Gasteiger partial charge on any atom is 0.260 e. The van der Waals surface area contributed by atoms with E-state index < -0.39 is 6.10 Å². The summed E-state index contributed by atoms with van der Waals surface area (Å²) in [7, 11) is 0. The molecular formula is C15H22FNO3. The summed E-state index contributed by atoms with van der Waals surface area (Å²) < 4.78 is 18.3. The van der Waals surface area contributed by atoms with Crippen molar-refractivity contribution in [2.75, 3.05) is 13.2 Å². The minimum absolute atomic E-state index is 0.212. The van der Waals surface area contributed by atoms with Gasteiger partial charge in [0.25, 0.3) is 5.91 Å². The first-order chi connectivity index (χ1) is 9.63. The van der Waals surface area contributed by atoms with Crippen LogP contribution < -0.4 is 10.1 Å². The van der Waals surface area contributed by atoms with Crippen LogP contribution in [0.5, 0.6) is 5.75 Å². The van der Waals surface area contributed by atoms with Crippen LogP contribution in [0.4, 0.5) is 4.39 Å². The Kier molecular flexibility index (Phi) is 7.65. The van der Waals surface area contributed by atoms with E-state index >= 15 is 0 Å². The van der Waals surface area contributed by atoms with E-state index in [4.69, 9.17) is 9.84 Å². The fourth-order valence-corrected chi connectivity index (χ4v) is 1.74. The number of aliphatic hydroxyl groups excluding tert-OH is 1. The molecule has 1 aromatic carbocycles. The number of hydrogen-bond acceptors (Lipinski definition) is 3. The molecule has 0 aliphatic heterocycles. The van der Waals surface area contributed by atoms with Crippen LogP contribution in [0.1, 0.15) is 32.6 Å². The highest BCUT2D eigenvalue weighted by Crippen LogP contribution is 2.13. The summed E-state index contributed by atoms with van der Waals surface area (Å²) in [5.74, 6) is -0.258. The molecule has 0 saturated heterocycles. The molecule has 20 heavy (non-hydrogen) atoms. The van der Waals surface area contributed by atoms with Gasteiger partial charge in [-0.1, -0.05) is 18.9 Å². The lowest BCUT2D eigenvalue weighted by Crippen LogP contribution is -2.36. The van der Waals surface area contributed by atoms with Crippen molar-refractivity contribution in [3.63, 3.8) is 0 Å². The van der Waals surface area contributed by atoms with Gasteiger partial charge < -0.3 is 15.2 Å². The maximum absolute atomic E-state index is 13.0. The fraction of sp³-hybridized carbons (Fsp3) is 0.533. The predicted octanol–water partition coefficient (Wildman–Crippen LogP) is 2.26. The Balaban J connectivity index is 2.22. The molecule has 0 aliphatic rings. The number of rotatable bonds is 9. The highest BCUT2D eigenvalue weighted by atomic mass is 19.1. The van der Waals surface area contributed by atoms with E-state index in [1.165, 1.54) is 18.2 Å². The average Bonchev–Trinajstić information content (AvgIpc) is 2.42. The van der Waals surface area contributed by atoms with Crippen LogP contribution in [0.15, 0.2) is 24.3 Å². The number of nitrogens with one attached hydrogen (secondary N) is 1. The smallest absolute Gasteiger partial charge is 0.260 e. The van der Waals surface area contributed by atoms with Gasteiger partial charge in [-0.05, 0) is 31.9 Å². The van der Waals surface area contributed by atoms with Gasteiger partial charge in [0.1, 0.15) is 11.6 Å². The lowest BCUT2D eigenvalue weighted by molar-refractivity contribution is -0.127. The molecule has 4 nitrogen and oxygen atoms in total. The molecular weight excluding hydrogens is 261 g/mol. The van der Waals surface area contributed by atoms with Crippen molar-refractivity contribution in [3.8, 4) is 5.75 Å². The van der Waals surface area contributed by atoms with Crippen molar-refractivity contribution in [2.45, 2.75) is 38.7 Å². The van der Waals surface area contributed by atoms with E-state index in [1.54, 1.807) is 13.0 Å². The number of halogens is 1. The van der Waals surface area contributed by atoms with Crippen molar-refractivity contribution in [3.05, 3.63) is 30.1 Å². The molecule has 1 rings (SSSR count). The van der Waals surface area contributed by atoms with Gasteiger partial charge in [-0.25, -0.2) is 4.39 Å². The highest BCUT2D eigenvalue weighted by molar-refractivity contribution is 5.80. The van der Waals surface area contributed by atoms with Crippen LogP contribution in [0.25, 0.3) is 0 Å². The van der Waals surface area contributed by atoms with Gasteiger partial charge in [0.2, 0.25) is 0 Å². The molecule has 1 unspecified atom stereocenters. The van der Waals surface area contributed by atoms with Crippen LogP contribution in [0, 0.1) is 5.82 Å². The summed E-state index contributed by atoms with van der Waals surface area (Å²) in [6.07, 6.45) is 2.95. The van der Waals surface area contributed by atoms with E-state index in [2.05, 4.69) is 5.32 Å². The molecule has 112 valence electrons. The first kappa shape index (κ1) is 16.4. The number of benzene rings is 1. The zero-order valence-electron chi connectivity index (χ0n) is 11.8. The SMILES string of the molecule is CC(Oc1cccc(F)c1)C(=O)NCCCCCCO. The summed E-state index contributed by atoms with van der Waals surface area (Å²) in [6, 6.07) is 5.72. The Morgan fingerprint density at radius 3 is 2.80 bits per heavy atom. The topological polar surface area (TPSA) is 58.6 Å². The quantitative estimate of drug-likeness (QED) is 0.683. The second kappa shape index (κ2) is 9.31. The number of aliphatic hydroxyl groups is 1. The minimum atomic E-state index is -0.658. The fourth-order valence-electron chi connectivity index (χ4n) is 1.74. The standard InChI is InChI=1S/C15H22FNO3/c1-12(20-14-8-6-7-13(16)11-14)15(19)17-9-4-2-3-5-10-18/h6-8,11-12,18H,2-5,9-10H2,1H3,(H,17,19). The third-order valence-electron chi connectivity index (χ3n) is 2.86. The van der Waals surface area contributed by atoms with Crippen molar-refractivity contribution in [2.24, 2.45) is 0 Å². The van der Waals surface area contributed by atoms with Crippen LogP contribution in [-0.4, -0.2) is 30.3 Å². The second-order valence-corrected chi connectivity index (χ2v) is 4.65. The molecule has 0 aromatic heterocycles. The number of ether oxygens (including phenoxy) is 1. The highest BCUT2D eigenvalue weighted by Gasteiger charge is 2.13. The Morgan fingerprint density at radius 2 is 2.10 bits per heavy atom. The molecule has 5 heteroatoms. The average molecular weight is 283 g/mol. The molecule has 0 heterocycles. The Morgan fingerprint density at radius 1 is 1.35 bits per heavy atom. The van der Waals surface area contributed by atoms with Crippen LogP contribution in [0.2, 0.25) is 0 Å². The Labute approximate surface area is 119 Å². The molecule has 0 spiro atoms. The monoisotopic (exact) mass is 283 g/mol. The molecule has 1 aromatic rings. The summed E-state index contributed by atoms with van der Waals surface area (Å²) in [5, 5.41) is 11.4. The van der Waals surface area contributed by atoms with E-state index in [-0.39, 0.29) is 18.3 Å². The number of hydrogen-bond donors (Lipinski definition) is 2.